The fourth-order valence-corrected chi connectivity index (χ4v) is 3.88. The van der Waals surface area contributed by atoms with Crippen LogP contribution in [0.5, 0.6) is 5.75 Å². The highest BCUT2D eigenvalue weighted by Crippen LogP contribution is 2.45. The number of amides is 1. The van der Waals surface area contributed by atoms with Crippen molar-refractivity contribution in [3.8, 4) is 5.75 Å². The summed E-state index contributed by atoms with van der Waals surface area (Å²) in [5.41, 5.74) is 0.503. The lowest BCUT2D eigenvalue weighted by molar-refractivity contribution is -0.132. The Morgan fingerprint density at radius 1 is 1.06 bits per heavy atom. The third-order valence-electron chi connectivity index (χ3n) is 5.01. The SMILES string of the molecule is COc1ccccc1N1C(=O)C(=O)/C(=C(\O)c2ccc(Cl)c(Cl)c2)C1c1ccc(C)o1. The van der Waals surface area contributed by atoms with Crippen molar-refractivity contribution in [1.82, 2.24) is 0 Å². The van der Waals surface area contributed by atoms with Gasteiger partial charge in [0.15, 0.2) is 0 Å². The first kappa shape index (κ1) is 21.0. The van der Waals surface area contributed by atoms with Crippen LogP contribution in [0.25, 0.3) is 5.76 Å². The molecule has 1 aliphatic rings. The molecule has 1 unspecified atom stereocenters. The first-order valence-corrected chi connectivity index (χ1v) is 10.0. The second-order valence-corrected chi connectivity index (χ2v) is 7.73. The number of halogens is 2. The standard InChI is InChI=1S/C23H17Cl2NO5/c1-12-7-10-18(31-12)20-19(21(27)13-8-9-14(24)15(25)11-13)22(28)23(29)26(20)16-5-3-4-6-17(16)30-2/h3-11,20,27H,1-2H3/b21-19-. The summed E-state index contributed by atoms with van der Waals surface area (Å²) in [4.78, 5) is 27.5. The molecule has 1 fully saturated rings. The van der Waals surface area contributed by atoms with E-state index < -0.39 is 17.7 Å². The molecule has 1 amide bonds. The van der Waals surface area contributed by atoms with Crippen LogP contribution in [0.2, 0.25) is 10.0 Å². The highest BCUT2D eigenvalue weighted by molar-refractivity contribution is 6.52. The van der Waals surface area contributed by atoms with Gasteiger partial charge in [-0.1, -0.05) is 35.3 Å². The van der Waals surface area contributed by atoms with Gasteiger partial charge in [0.05, 0.1) is 28.4 Å². The van der Waals surface area contributed by atoms with Crippen LogP contribution in [-0.2, 0) is 9.59 Å². The molecule has 2 heterocycles. The zero-order valence-corrected chi connectivity index (χ0v) is 18.1. The molecule has 0 saturated carbocycles. The number of Topliss-reactive ketones (excluding diaryl/α,β-unsaturated/α-hetero) is 1. The van der Waals surface area contributed by atoms with Gasteiger partial charge in [-0.15, -0.1) is 0 Å². The van der Waals surface area contributed by atoms with Crippen LogP contribution in [0.15, 0.2) is 64.6 Å². The van der Waals surface area contributed by atoms with Gasteiger partial charge >= 0.3 is 0 Å². The van der Waals surface area contributed by atoms with Crippen LogP contribution in [0.3, 0.4) is 0 Å². The smallest absolute Gasteiger partial charge is 0.300 e. The Morgan fingerprint density at radius 2 is 1.81 bits per heavy atom. The van der Waals surface area contributed by atoms with E-state index in [4.69, 9.17) is 32.4 Å². The molecule has 8 heteroatoms. The summed E-state index contributed by atoms with van der Waals surface area (Å²) in [5.74, 6) is -0.737. The Bertz CT molecular complexity index is 1230. The average molecular weight is 458 g/mol. The first-order valence-electron chi connectivity index (χ1n) is 9.29. The monoisotopic (exact) mass is 457 g/mol. The number of anilines is 1. The van der Waals surface area contributed by atoms with E-state index in [9.17, 15) is 14.7 Å². The number of hydrogen-bond acceptors (Lipinski definition) is 5. The molecular weight excluding hydrogens is 441 g/mol. The number of methoxy groups -OCH3 is 1. The molecule has 2 aromatic carbocycles. The number of para-hydroxylation sites is 2. The molecule has 158 valence electrons. The van der Waals surface area contributed by atoms with Crippen LogP contribution >= 0.6 is 23.2 Å². The van der Waals surface area contributed by atoms with Gasteiger partial charge in [0.2, 0.25) is 0 Å². The minimum Gasteiger partial charge on any atom is -0.507 e. The molecule has 31 heavy (non-hydrogen) atoms. The van der Waals surface area contributed by atoms with Crippen molar-refractivity contribution in [2.24, 2.45) is 0 Å². The van der Waals surface area contributed by atoms with Crippen LogP contribution < -0.4 is 9.64 Å². The Labute approximate surface area is 188 Å². The van der Waals surface area contributed by atoms with E-state index in [2.05, 4.69) is 0 Å². The molecule has 6 nitrogen and oxygen atoms in total. The Balaban J connectivity index is 1.97. The van der Waals surface area contributed by atoms with Crippen molar-refractivity contribution >= 4 is 46.3 Å². The van der Waals surface area contributed by atoms with Gasteiger partial charge < -0.3 is 14.3 Å². The minimum absolute atomic E-state index is 0.122. The number of aliphatic hydroxyl groups excluding tert-OH is 1. The predicted octanol–water partition coefficient (Wildman–Crippen LogP) is 5.53. The lowest BCUT2D eigenvalue weighted by atomic mass is 9.99. The molecule has 1 saturated heterocycles. The summed E-state index contributed by atoms with van der Waals surface area (Å²) >= 11 is 12.1. The minimum atomic E-state index is -1.00. The number of rotatable bonds is 4. The van der Waals surface area contributed by atoms with E-state index in [1.807, 2.05) is 0 Å². The number of ketones is 1. The molecular formula is C23H17Cl2NO5. The number of benzene rings is 2. The number of carbonyl (C=O) groups excluding carboxylic acids is 2. The average Bonchev–Trinajstić information content (AvgIpc) is 3.30. The molecule has 1 atom stereocenters. The largest absolute Gasteiger partial charge is 0.507 e. The number of nitrogens with zero attached hydrogens (tertiary/aromatic N) is 1. The molecule has 3 aromatic rings. The lowest BCUT2D eigenvalue weighted by Crippen LogP contribution is -2.29. The van der Waals surface area contributed by atoms with Crippen molar-refractivity contribution in [2.75, 3.05) is 12.0 Å². The zero-order chi connectivity index (χ0) is 22.3. The summed E-state index contributed by atoms with van der Waals surface area (Å²) in [6, 6.07) is 13.6. The molecule has 1 N–H and O–H groups in total. The maximum atomic E-state index is 13.1. The van der Waals surface area contributed by atoms with Gasteiger partial charge in [0.1, 0.15) is 29.1 Å². The number of aliphatic hydroxyl groups is 1. The van der Waals surface area contributed by atoms with Crippen molar-refractivity contribution in [2.45, 2.75) is 13.0 Å². The van der Waals surface area contributed by atoms with Gasteiger partial charge in [0, 0.05) is 5.56 Å². The number of carbonyl (C=O) groups is 2. The van der Waals surface area contributed by atoms with E-state index in [1.54, 1.807) is 43.3 Å². The van der Waals surface area contributed by atoms with Gasteiger partial charge in [0.25, 0.3) is 11.7 Å². The topological polar surface area (TPSA) is 80.0 Å². The van der Waals surface area contributed by atoms with E-state index >= 15 is 0 Å². The van der Waals surface area contributed by atoms with Crippen LogP contribution in [0.1, 0.15) is 23.1 Å². The summed E-state index contributed by atoms with van der Waals surface area (Å²) in [6.45, 7) is 1.75. The molecule has 0 aliphatic carbocycles. The van der Waals surface area contributed by atoms with Gasteiger partial charge in [-0.25, -0.2) is 0 Å². The molecule has 0 spiro atoms. The fraction of sp³-hybridized carbons (Fsp3) is 0.130. The number of ether oxygens (including phenoxy) is 1. The van der Waals surface area contributed by atoms with E-state index in [0.29, 0.717) is 28.0 Å². The highest BCUT2D eigenvalue weighted by atomic mass is 35.5. The van der Waals surface area contributed by atoms with Crippen LogP contribution in [-0.4, -0.2) is 23.9 Å². The molecule has 0 bridgehead atoms. The van der Waals surface area contributed by atoms with Crippen molar-refractivity contribution < 1.29 is 23.8 Å². The quantitative estimate of drug-likeness (QED) is 0.316. The second-order valence-electron chi connectivity index (χ2n) is 6.92. The lowest BCUT2D eigenvalue weighted by Gasteiger charge is -2.25. The number of furan rings is 1. The molecule has 1 aromatic heterocycles. The van der Waals surface area contributed by atoms with Crippen molar-refractivity contribution in [3.63, 3.8) is 0 Å². The Hall–Kier alpha value is -3.22. The van der Waals surface area contributed by atoms with Crippen molar-refractivity contribution in [3.05, 3.63) is 87.3 Å². The van der Waals surface area contributed by atoms with E-state index in [1.165, 1.54) is 30.2 Å². The summed E-state index contributed by atoms with van der Waals surface area (Å²) in [6.07, 6.45) is 0. The van der Waals surface area contributed by atoms with Crippen molar-refractivity contribution in [1.29, 1.82) is 0 Å². The summed E-state index contributed by atoms with van der Waals surface area (Å²) in [5, 5.41) is 11.6. The van der Waals surface area contributed by atoms with E-state index in [-0.39, 0.29) is 21.9 Å². The van der Waals surface area contributed by atoms with Gasteiger partial charge in [-0.2, -0.15) is 0 Å². The van der Waals surface area contributed by atoms with Gasteiger partial charge in [-0.3, -0.25) is 14.5 Å². The molecule has 4 rings (SSSR count). The van der Waals surface area contributed by atoms with Gasteiger partial charge in [-0.05, 0) is 49.4 Å². The number of aryl methyl sites for hydroxylation is 1. The molecule has 1 aliphatic heterocycles. The Kier molecular flexibility index (Phi) is 5.52. The molecule has 0 radical (unpaired) electrons. The van der Waals surface area contributed by atoms with Crippen LogP contribution in [0.4, 0.5) is 5.69 Å². The number of hydrogen-bond donors (Lipinski definition) is 1. The third-order valence-corrected chi connectivity index (χ3v) is 5.75. The maximum absolute atomic E-state index is 13.1. The first-order chi connectivity index (χ1) is 14.8. The fourth-order valence-electron chi connectivity index (χ4n) is 3.58. The van der Waals surface area contributed by atoms with Crippen LogP contribution in [0, 0.1) is 6.92 Å². The zero-order valence-electron chi connectivity index (χ0n) is 16.6. The summed E-state index contributed by atoms with van der Waals surface area (Å²) < 4.78 is 11.2. The predicted molar refractivity (Wildman–Crippen MR) is 118 cm³/mol. The highest BCUT2D eigenvalue weighted by Gasteiger charge is 2.49. The maximum Gasteiger partial charge on any atom is 0.300 e. The normalized spacial score (nSPS) is 17.9. The third kappa shape index (κ3) is 3.58. The Morgan fingerprint density at radius 3 is 2.45 bits per heavy atom. The second kappa shape index (κ2) is 8.13. The van der Waals surface area contributed by atoms with E-state index in [0.717, 1.165) is 0 Å². The summed E-state index contributed by atoms with van der Waals surface area (Å²) in [7, 11) is 1.47.